The van der Waals surface area contributed by atoms with Crippen LogP contribution < -0.4 is 14.8 Å². The molecule has 5 heteroatoms. The molecule has 1 heterocycles. The molecule has 1 aromatic rings. The van der Waals surface area contributed by atoms with Crippen molar-refractivity contribution in [3.63, 3.8) is 0 Å². The molecule has 1 atom stereocenters. The molecule has 5 nitrogen and oxygen atoms in total. The summed E-state index contributed by atoms with van der Waals surface area (Å²) in [6.45, 7) is 5.07. The van der Waals surface area contributed by atoms with E-state index in [2.05, 4.69) is 5.32 Å². The second kappa shape index (κ2) is 5.93. The number of hydrogen-bond acceptors (Lipinski definition) is 4. The molecule has 19 heavy (non-hydrogen) atoms. The zero-order valence-electron chi connectivity index (χ0n) is 11.2. The van der Waals surface area contributed by atoms with E-state index >= 15 is 0 Å². The molecule has 2 N–H and O–H groups in total. The van der Waals surface area contributed by atoms with Crippen LogP contribution in [0.4, 0.5) is 0 Å². The number of rotatable bonds is 4. The van der Waals surface area contributed by atoms with Gasteiger partial charge in [0.1, 0.15) is 13.2 Å². The van der Waals surface area contributed by atoms with Crippen molar-refractivity contribution in [2.75, 3.05) is 19.8 Å². The summed E-state index contributed by atoms with van der Waals surface area (Å²) >= 11 is 0. The van der Waals surface area contributed by atoms with Crippen molar-refractivity contribution in [3.8, 4) is 11.5 Å². The average Bonchev–Trinajstić information content (AvgIpc) is 2.43. The third kappa shape index (κ3) is 3.38. The van der Waals surface area contributed by atoms with E-state index in [1.54, 1.807) is 18.2 Å². The minimum atomic E-state index is -0.541. The van der Waals surface area contributed by atoms with Gasteiger partial charge in [0.25, 0.3) is 5.91 Å². The monoisotopic (exact) mass is 265 g/mol. The fraction of sp³-hybridized carbons (Fsp3) is 0.500. The third-order valence-corrected chi connectivity index (χ3v) is 3.05. The van der Waals surface area contributed by atoms with Gasteiger partial charge in [0.15, 0.2) is 11.5 Å². The predicted molar refractivity (Wildman–Crippen MR) is 70.6 cm³/mol. The molecule has 0 bridgehead atoms. The number of aliphatic hydroxyl groups is 1. The van der Waals surface area contributed by atoms with Gasteiger partial charge in [-0.15, -0.1) is 0 Å². The topological polar surface area (TPSA) is 67.8 Å². The molecule has 0 spiro atoms. The number of ether oxygens (including phenoxy) is 2. The summed E-state index contributed by atoms with van der Waals surface area (Å²) in [6.07, 6.45) is -0.541. The fourth-order valence-corrected chi connectivity index (χ4v) is 1.72. The highest BCUT2D eigenvalue weighted by Crippen LogP contribution is 2.30. The Bertz CT molecular complexity index is 459. The van der Waals surface area contributed by atoms with Gasteiger partial charge in [0.2, 0.25) is 0 Å². The third-order valence-electron chi connectivity index (χ3n) is 3.05. The second-order valence-corrected chi connectivity index (χ2v) is 4.88. The van der Waals surface area contributed by atoms with Crippen LogP contribution in [0.25, 0.3) is 0 Å². The Morgan fingerprint density at radius 1 is 1.32 bits per heavy atom. The summed E-state index contributed by atoms with van der Waals surface area (Å²) in [6, 6.07) is 5.07. The zero-order valence-corrected chi connectivity index (χ0v) is 11.2. The highest BCUT2D eigenvalue weighted by atomic mass is 16.6. The number of nitrogens with one attached hydrogen (secondary N) is 1. The molecule has 0 fully saturated rings. The molecule has 1 aliphatic heterocycles. The summed E-state index contributed by atoms with van der Waals surface area (Å²) in [5.41, 5.74) is 0.500. The number of amides is 1. The van der Waals surface area contributed by atoms with Crippen molar-refractivity contribution in [2.24, 2.45) is 5.92 Å². The quantitative estimate of drug-likeness (QED) is 0.858. The molecule has 1 aliphatic rings. The van der Waals surface area contributed by atoms with Crippen molar-refractivity contribution in [1.29, 1.82) is 0 Å². The van der Waals surface area contributed by atoms with Crippen LogP contribution in [-0.4, -0.2) is 36.9 Å². The second-order valence-electron chi connectivity index (χ2n) is 4.88. The Morgan fingerprint density at radius 3 is 2.68 bits per heavy atom. The number of benzene rings is 1. The number of carbonyl (C=O) groups is 1. The van der Waals surface area contributed by atoms with Gasteiger partial charge in [-0.05, 0) is 24.1 Å². The molecular weight excluding hydrogens is 246 g/mol. The molecule has 0 aromatic heterocycles. The van der Waals surface area contributed by atoms with Crippen LogP contribution in [0.3, 0.4) is 0 Å². The van der Waals surface area contributed by atoms with Gasteiger partial charge in [0.05, 0.1) is 6.10 Å². The molecule has 0 aliphatic carbocycles. The van der Waals surface area contributed by atoms with Crippen LogP contribution >= 0.6 is 0 Å². The van der Waals surface area contributed by atoms with E-state index in [-0.39, 0.29) is 18.4 Å². The number of carbonyl (C=O) groups excluding carboxylic acids is 1. The Kier molecular flexibility index (Phi) is 4.27. The SMILES string of the molecule is CC(C)C(O)CNC(=O)c1ccc2c(c1)OCCO2. The van der Waals surface area contributed by atoms with E-state index in [0.29, 0.717) is 30.3 Å². The Labute approximate surface area is 112 Å². The number of aliphatic hydroxyl groups excluding tert-OH is 1. The summed E-state index contributed by atoms with van der Waals surface area (Å²) < 4.78 is 10.8. The lowest BCUT2D eigenvalue weighted by molar-refractivity contribution is 0.0870. The Hall–Kier alpha value is -1.75. The van der Waals surface area contributed by atoms with Gasteiger partial charge in [0, 0.05) is 12.1 Å². The van der Waals surface area contributed by atoms with Crippen LogP contribution in [0.5, 0.6) is 11.5 Å². The highest BCUT2D eigenvalue weighted by molar-refractivity contribution is 5.94. The van der Waals surface area contributed by atoms with Gasteiger partial charge < -0.3 is 19.9 Å². The van der Waals surface area contributed by atoms with E-state index in [9.17, 15) is 9.90 Å². The van der Waals surface area contributed by atoms with E-state index in [4.69, 9.17) is 9.47 Å². The summed E-state index contributed by atoms with van der Waals surface area (Å²) in [7, 11) is 0. The summed E-state index contributed by atoms with van der Waals surface area (Å²) in [5, 5.41) is 12.4. The predicted octanol–water partition coefficient (Wildman–Crippen LogP) is 1.20. The summed E-state index contributed by atoms with van der Waals surface area (Å²) in [4.78, 5) is 11.9. The number of hydrogen-bond donors (Lipinski definition) is 2. The van der Waals surface area contributed by atoms with Crippen LogP contribution in [0.15, 0.2) is 18.2 Å². The maximum absolute atomic E-state index is 11.9. The maximum Gasteiger partial charge on any atom is 0.251 e. The maximum atomic E-state index is 11.9. The Balaban J connectivity index is 1.99. The first-order valence-corrected chi connectivity index (χ1v) is 6.44. The highest BCUT2D eigenvalue weighted by Gasteiger charge is 2.16. The van der Waals surface area contributed by atoms with Crippen LogP contribution in [0.2, 0.25) is 0 Å². The molecule has 1 amide bonds. The minimum Gasteiger partial charge on any atom is -0.486 e. The first-order chi connectivity index (χ1) is 9.08. The lowest BCUT2D eigenvalue weighted by atomic mass is 10.1. The lowest BCUT2D eigenvalue weighted by Crippen LogP contribution is -2.34. The van der Waals surface area contributed by atoms with Crippen LogP contribution in [0, 0.1) is 5.92 Å². The summed E-state index contributed by atoms with van der Waals surface area (Å²) in [5.74, 6) is 1.13. The molecule has 0 saturated carbocycles. The zero-order chi connectivity index (χ0) is 13.8. The molecule has 0 saturated heterocycles. The van der Waals surface area contributed by atoms with Crippen molar-refractivity contribution >= 4 is 5.91 Å². The van der Waals surface area contributed by atoms with Crippen molar-refractivity contribution < 1.29 is 19.4 Å². The largest absolute Gasteiger partial charge is 0.486 e. The molecule has 0 radical (unpaired) electrons. The average molecular weight is 265 g/mol. The standard InChI is InChI=1S/C14H19NO4/c1-9(2)11(16)8-15-14(17)10-3-4-12-13(7-10)19-6-5-18-12/h3-4,7,9,11,16H,5-6,8H2,1-2H3,(H,15,17). The van der Waals surface area contributed by atoms with Crippen molar-refractivity contribution in [3.05, 3.63) is 23.8 Å². The van der Waals surface area contributed by atoms with Crippen LogP contribution in [-0.2, 0) is 0 Å². The van der Waals surface area contributed by atoms with Crippen molar-refractivity contribution in [2.45, 2.75) is 20.0 Å². The lowest BCUT2D eigenvalue weighted by Gasteiger charge is -2.19. The fourth-order valence-electron chi connectivity index (χ4n) is 1.72. The van der Waals surface area contributed by atoms with E-state index < -0.39 is 6.10 Å². The van der Waals surface area contributed by atoms with Gasteiger partial charge >= 0.3 is 0 Å². The molecular formula is C14H19NO4. The van der Waals surface area contributed by atoms with E-state index in [1.165, 1.54) is 0 Å². The molecule has 2 rings (SSSR count). The van der Waals surface area contributed by atoms with E-state index in [1.807, 2.05) is 13.8 Å². The normalized spacial score (nSPS) is 15.2. The van der Waals surface area contributed by atoms with Gasteiger partial charge in [-0.3, -0.25) is 4.79 Å². The van der Waals surface area contributed by atoms with Gasteiger partial charge in [-0.1, -0.05) is 13.8 Å². The minimum absolute atomic E-state index is 0.112. The smallest absolute Gasteiger partial charge is 0.251 e. The molecule has 1 aromatic carbocycles. The van der Waals surface area contributed by atoms with Gasteiger partial charge in [-0.25, -0.2) is 0 Å². The first kappa shape index (κ1) is 13.7. The van der Waals surface area contributed by atoms with E-state index in [0.717, 1.165) is 0 Å². The van der Waals surface area contributed by atoms with Crippen LogP contribution in [0.1, 0.15) is 24.2 Å². The first-order valence-electron chi connectivity index (χ1n) is 6.44. The van der Waals surface area contributed by atoms with Gasteiger partial charge in [-0.2, -0.15) is 0 Å². The van der Waals surface area contributed by atoms with Crippen molar-refractivity contribution in [1.82, 2.24) is 5.32 Å². The molecule has 104 valence electrons. The molecule has 1 unspecified atom stereocenters. The Morgan fingerprint density at radius 2 is 2.00 bits per heavy atom. The number of fused-ring (bicyclic) bond motifs is 1.